The molecular weight excluding hydrogens is 393 g/mol. The van der Waals surface area contributed by atoms with Crippen molar-refractivity contribution in [2.24, 2.45) is 0 Å². The van der Waals surface area contributed by atoms with E-state index in [1.54, 1.807) is 18.3 Å². The first-order valence-corrected chi connectivity index (χ1v) is 9.79. The summed E-state index contributed by atoms with van der Waals surface area (Å²) in [4.78, 5) is 18.5. The Hall–Kier alpha value is -3.23. The first-order valence-electron chi connectivity index (χ1n) is 9.79. The van der Waals surface area contributed by atoms with Gasteiger partial charge >= 0.3 is 6.18 Å². The van der Waals surface area contributed by atoms with Gasteiger partial charge in [-0.15, -0.1) is 0 Å². The third-order valence-corrected chi connectivity index (χ3v) is 4.92. The lowest BCUT2D eigenvalue weighted by atomic mass is 10.1. The number of anilines is 2. The Kier molecular flexibility index (Phi) is 5.78. The fourth-order valence-electron chi connectivity index (χ4n) is 3.37. The van der Waals surface area contributed by atoms with Crippen molar-refractivity contribution in [1.82, 2.24) is 19.9 Å². The molecule has 1 fully saturated rings. The Morgan fingerprint density at radius 1 is 0.933 bits per heavy atom. The second kappa shape index (κ2) is 8.64. The fraction of sp³-hybridized carbons (Fsp3) is 0.333. The summed E-state index contributed by atoms with van der Waals surface area (Å²) in [5.74, 6) is 1.00. The largest absolute Gasteiger partial charge is 0.433 e. The van der Waals surface area contributed by atoms with Gasteiger partial charge in [0, 0.05) is 49.9 Å². The maximum absolute atomic E-state index is 13.3. The molecule has 0 aromatic carbocycles. The monoisotopic (exact) mass is 414 g/mol. The molecule has 4 rings (SSSR count). The van der Waals surface area contributed by atoms with Crippen LogP contribution in [0.3, 0.4) is 0 Å². The number of nitrogens with one attached hydrogen (secondary N) is 1. The van der Waals surface area contributed by atoms with Gasteiger partial charge in [-0.3, -0.25) is 4.98 Å². The van der Waals surface area contributed by atoms with Gasteiger partial charge in [0.05, 0.1) is 0 Å². The third-order valence-electron chi connectivity index (χ3n) is 4.92. The summed E-state index contributed by atoms with van der Waals surface area (Å²) in [7, 11) is 0. The van der Waals surface area contributed by atoms with Gasteiger partial charge in [-0.05, 0) is 49.1 Å². The first-order chi connectivity index (χ1) is 14.5. The van der Waals surface area contributed by atoms with E-state index in [-0.39, 0.29) is 11.6 Å². The number of piperidine rings is 1. The lowest BCUT2D eigenvalue weighted by molar-refractivity contribution is -0.141. The quantitative estimate of drug-likeness (QED) is 0.661. The van der Waals surface area contributed by atoms with Gasteiger partial charge in [0.25, 0.3) is 0 Å². The molecule has 4 heterocycles. The molecule has 0 saturated carbocycles. The van der Waals surface area contributed by atoms with Gasteiger partial charge in [-0.1, -0.05) is 0 Å². The average Bonchev–Trinajstić information content (AvgIpc) is 2.78. The molecule has 0 amide bonds. The van der Waals surface area contributed by atoms with Gasteiger partial charge in [-0.25, -0.2) is 15.0 Å². The van der Waals surface area contributed by atoms with Crippen molar-refractivity contribution in [1.29, 1.82) is 0 Å². The number of aromatic nitrogens is 4. The van der Waals surface area contributed by atoms with Crippen LogP contribution in [-0.2, 0) is 12.7 Å². The number of nitrogens with zero attached hydrogens (tertiary/aromatic N) is 5. The SMILES string of the molecule is FC(F)(F)c1cc(NCc2ccnc(N3CCCCC3)c2)nc(-c2ccncc2)n1. The average molecular weight is 414 g/mol. The predicted octanol–water partition coefficient (Wildman–Crippen LogP) is 4.55. The van der Waals surface area contributed by atoms with Crippen molar-refractivity contribution in [3.8, 4) is 11.4 Å². The van der Waals surface area contributed by atoms with E-state index in [0.29, 0.717) is 12.1 Å². The molecule has 0 spiro atoms. The van der Waals surface area contributed by atoms with Crippen LogP contribution in [0.15, 0.2) is 48.9 Å². The smallest absolute Gasteiger partial charge is 0.366 e. The molecule has 1 aliphatic heterocycles. The molecule has 0 unspecified atom stereocenters. The van der Waals surface area contributed by atoms with Crippen LogP contribution in [0.1, 0.15) is 30.5 Å². The van der Waals surface area contributed by atoms with Crippen molar-refractivity contribution >= 4 is 11.6 Å². The van der Waals surface area contributed by atoms with E-state index in [1.165, 1.54) is 18.8 Å². The van der Waals surface area contributed by atoms with Crippen LogP contribution in [0, 0.1) is 0 Å². The van der Waals surface area contributed by atoms with Crippen LogP contribution in [0.5, 0.6) is 0 Å². The fourth-order valence-corrected chi connectivity index (χ4v) is 3.37. The van der Waals surface area contributed by atoms with E-state index >= 15 is 0 Å². The van der Waals surface area contributed by atoms with Crippen LogP contribution in [0.25, 0.3) is 11.4 Å². The molecule has 30 heavy (non-hydrogen) atoms. The first kappa shape index (κ1) is 20.1. The van der Waals surface area contributed by atoms with Crippen LogP contribution >= 0.6 is 0 Å². The Morgan fingerprint density at radius 3 is 2.43 bits per heavy atom. The number of rotatable bonds is 5. The normalized spacial score (nSPS) is 14.6. The Morgan fingerprint density at radius 2 is 1.70 bits per heavy atom. The molecule has 1 aliphatic rings. The minimum Gasteiger partial charge on any atom is -0.366 e. The lowest BCUT2D eigenvalue weighted by Crippen LogP contribution is -2.30. The maximum Gasteiger partial charge on any atom is 0.433 e. The molecule has 6 nitrogen and oxygen atoms in total. The van der Waals surface area contributed by atoms with Gasteiger partial charge < -0.3 is 10.2 Å². The Balaban J connectivity index is 1.56. The van der Waals surface area contributed by atoms with Gasteiger partial charge in [-0.2, -0.15) is 13.2 Å². The van der Waals surface area contributed by atoms with Crippen molar-refractivity contribution < 1.29 is 13.2 Å². The molecule has 9 heteroatoms. The van der Waals surface area contributed by atoms with E-state index in [2.05, 4.69) is 30.2 Å². The van der Waals surface area contributed by atoms with Crippen LogP contribution in [0.2, 0.25) is 0 Å². The van der Waals surface area contributed by atoms with Crippen LogP contribution in [-0.4, -0.2) is 33.0 Å². The van der Waals surface area contributed by atoms with Crippen molar-refractivity contribution in [3.63, 3.8) is 0 Å². The summed E-state index contributed by atoms with van der Waals surface area (Å²) < 4.78 is 40.0. The van der Waals surface area contributed by atoms with E-state index in [4.69, 9.17) is 0 Å². The van der Waals surface area contributed by atoms with E-state index in [0.717, 1.165) is 43.4 Å². The maximum atomic E-state index is 13.3. The highest BCUT2D eigenvalue weighted by atomic mass is 19.4. The highest BCUT2D eigenvalue weighted by molar-refractivity contribution is 5.57. The Bertz CT molecular complexity index is 988. The summed E-state index contributed by atoms with van der Waals surface area (Å²) in [6.45, 7) is 2.27. The van der Waals surface area contributed by atoms with Crippen molar-refractivity contribution in [3.05, 3.63) is 60.2 Å². The van der Waals surface area contributed by atoms with E-state index < -0.39 is 11.9 Å². The minimum atomic E-state index is -4.57. The molecule has 0 atom stereocenters. The molecule has 3 aromatic heterocycles. The van der Waals surface area contributed by atoms with E-state index in [9.17, 15) is 13.2 Å². The van der Waals surface area contributed by atoms with E-state index in [1.807, 2.05) is 12.1 Å². The molecular formula is C21H21F3N6. The van der Waals surface area contributed by atoms with Gasteiger partial charge in [0.15, 0.2) is 11.5 Å². The van der Waals surface area contributed by atoms with Crippen molar-refractivity contribution in [2.75, 3.05) is 23.3 Å². The summed E-state index contributed by atoms with van der Waals surface area (Å²) in [5.41, 5.74) is 0.397. The topological polar surface area (TPSA) is 66.8 Å². The number of hydrogen-bond acceptors (Lipinski definition) is 6. The van der Waals surface area contributed by atoms with Gasteiger partial charge in [0.1, 0.15) is 11.6 Å². The standard InChI is InChI=1S/C21H21F3N6/c22-21(23,24)17-13-18(29-20(28-17)16-5-7-25-8-6-16)27-14-15-4-9-26-19(12-15)30-10-2-1-3-11-30/h4-9,12-13H,1-3,10-11,14H2,(H,27,28,29). The lowest BCUT2D eigenvalue weighted by Gasteiger charge is -2.27. The zero-order valence-corrected chi connectivity index (χ0v) is 16.2. The number of halogens is 3. The van der Waals surface area contributed by atoms with Crippen molar-refractivity contribution in [2.45, 2.75) is 32.0 Å². The zero-order valence-electron chi connectivity index (χ0n) is 16.2. The second-order valence-corrected chi connectivity index (χ2v) is 7.12. The predicted molar refractivity (Wildman–Crippen MR) is 108 cm³/mol. The summed E-state index contributed by atoms with van der Waals surface area (Å²) in [5, 5.41) is 3.00. The molecule has 0 radical (unpaired) electrons. The third kappa shape index (κ3) is 4.84. The summed E-state index contributed by atoms with van der Waals surface area (Å²) >= 11 is 0. The molecule has 1 saturated heterocycles. The Labute approximate surface area is 172 Å². The van der Waals surface area contributed by atoms with Gasteiger partial charge in [0.2, 0.25) is 0 Å². The zero-order chi connectivity index (χ0) is 21.0. The molecule has 0 bridgehead atoms. The highest BCUT2D eigenvalue weighted by Crippen LogP contribution is 2.31. The number of pyridine rings is 2. The molecule has 156 valence electrons. The summed E-state index contributed by atoms with van der Waals surface area (Å²) in [6.07, 6.45) is 3.65. The number of alkyl halides is 3. The molecule has 3 aromatic rings. The van der Waals surface area contributed by atoms with Crippen LogP contribution in [0.4, 0.5) is 24.8 Å². The molecule has 0 aliphatic carbocycles. The minimum absolute atomic E-state index is 0.00143. The summed E-state index contributed by atoms with van der Waals surface area (Å²) in [6, 6.07) is 7.89. The highest BCUT2D eigenvalue weighted by Gasteiger charge is 2.33. The second-order valence-electron chi connectivity index (χ2n) is 7.12. The van der Waals surface area contributed by atoms with Crippen LogP contribution < -0.4 is 10.2 Å². The number of hydrogen-bond donors (Lipinski definition) is 1. The molecule has 1 N–H and O–H groups in total.